The average Bonchev–Trinajstić information content (AvgIpc) is 2.88. The molecule has 1 aromatic rings. The summed E-state index contributed by atoms with van der Waals surface area (Å²) in [6.45, 7) is 0.819. The Balaban J connectivity index is 1.74. The number of carbonyl (C=O) groups is 1. The number of nitrogens with zero attached hydrogens (tertiary/aromatic N) is 1. The highest BCUT2D eigenvalue weighted by Crippen LogP contribution is 2.18. The van der Waals surface area contributed by atoms with E-state index in [1.54, 1.807) is 0 Å². The fourth-order valence-corrected chi connectivity index (χ4v) is 1.76. The van der Waals surface area contributed by atoms with Crippen LogP contribution in [0.2, 0.25) is 0 Å². The minimum absolute atomic E-state index is 0.0635. The Bertz CT molecular complexity index is 357. The summed E-state index contributed by atoms with van der Waals surface area (Å²) in [6.07, 6.45) is 5.07. The van der Waals surface area contributed by atoms with Crippen LogP contribution in [0.4, 0.5) is 11.5 Å². The van der Waals surface area contributed by atoms with Crippen LogP contribution in [0.15, 0.2) is 6.20 Å². The summed E-state index contributed by atoms with van der Waals surface area (Å²) < 4.78 is 5.44. The van der Waals surface area contributed by atoms with E-state index in [1.165, 1.54) is 6.20 Å². The molecule has 1 aliphatic heterocycles. The molecular weight excluding hydrogens is 208 g/mol. The van der Waals surface area contributed by atoms with Crippen molar-refractivity contribution < 1.29 is 9.53 Å². The number of ether oxygens (including phenoxy) is 1. The molecule has 16 heavy (non-hydrogen) atoms. The predicted octanol–water partition coefficient (Wildman–Crippen LogP) is 0.890. The van der Waals surface area contributed by atoms with Crippen molar-refractivity contribution in [3.8, 4) is 0 Å². The highest BCUT2D eigenvalue weighted by molar-refractivity contribution is 5.92. The first-order chi connectivity index (χ1) is 7.75. The maximum Gasteiger partial charge on any atom is 0.225 e. The van der Waals surface area contributed by atoms with E-state index in [2.05, 4.69) is 15.5 Å². The molecule has 1 aromatic heterocycles. The fraction of sp³-hybridized carbons (Fsp3) is 0.600. The second-order valence-corrected chi connectivity index (χ2v) is 3.92. The largest absolute Gasteiger partial charge is 0.394 e. The third kappa shape index (κ3) is 2.73. The molecule has 4 N–H and O–H groups in total. The Kier molecular flexibility index (Phi) is 3.40. The number of amides is 1. The molecule has 6 nitrogen and oxygen atoms in total. The maximum absolute atomic E-state index is 11.5. The number of anilines is 2. The van der Waals surface area contributed by atoms with Gasteiger partial charge in [0.25, 0.3) is 0 Å². The molecule has 1 saturated heterocycles. The van der Waals surface area contributed by atoms with Gasteiger partial charge in [-0.1, -0.05) is 0 Å². The van der Waals surface area contributed by atoms with Crippen LogP contribution in [0, 0.1) is 0 Å². The molecule has 2 heterocycles. The lowest BCUT2D eigenvalue weighted by Gasteiger charge is -2.08. The van der Waals surface area contributed by atoms with E-state index < -0.39 is 0 Å². The number of hydrogen-bond donors (Lipinski definition) is 3. The van der Waals surface area contributed by atoms with Gasteiger partial charge in [-0.25, -0.2) is 0 Å². The van der Waals surface area contributed by atoms with Crippen molar-refractivity contribution in [3.63, 3.8) is 0 Å². The van der Waals surface area contributed by atoms with Crippen molar-refractivity contribution in [1.29, 1.82) is 0 Å². The minimum atomic E-state index is -0.0635. The number of aromatic nitrogens is 2. The topological polar surface area (TPSA) is 93.0 Å². The predicted molar refractivity (Wildman–Crippen MR) is 59.8 cm³/mol. The first-order valence-corrected chi connectivity index (χ1v) is 5.46. The van der Waals surface area contributed by atoms with Crippen LogP contribution in [0.5, 0.6) is 0 Å². The van der Waals surface area contributed by atoms with Gasteiger partial charge in [-0.3, -0.25) is 9.89 Å². The van der Waals surface area contributed by atoms with Crippen LogP contribution >= 0.6 is 0 Å². The van der Waals surface area contributed by atoms with E-state index in [4.69, 9.17) is 10.5 Å². The summed E-state index contributed by atoms with van der Waals surface area (Å²) in [6, 6.07) is 0. The monoisotopic (exact) mass is 224 g/mol. The van der Waals surface area contributed by atoms with Gasteiger partial charge in [-0.2, -0.15) is 5.10 Å². The first-order valence-electron chi connectivity index (χ1n) is 5.46. The van der Waals surface area contributed by atoms with Gasteiger partial charge in [0.05, 0.1) is 18.0 Å². The fourth-order valence-electron chi connectivity index (χ4n) is 1.76. The van der Waals surface area contributed by atoms with E-state index in [-0.39, 0.29) is 12.0 Å². The normalized spacial score (nSPS) is 19.9. The molecule has 1 unspecified atom stereocenters. The lowest BCUT2D eigenvalue weighted by molar-refractivity contribution is -0.116. The van der Waals surface area contributed by atoms with Crippen molar-refractivity contribution >= 4 is 17.4 Å². The van der Waals surface area contributed by atoms with Crippen molar-refractivity contribution in [3.05, 3.63) is 6.20 Å². The Morgan fingerprint density at radius 1 is 1.75 bits per heavy atom. The Hall–Kier alpha value is -1.56. The van der Waals surface area contributed by atoms with Crippen LogP contribution in [0.1, 0.15) is 25.7 Å². The van der Waals surface area contributed by atoms with Crippen molar-refractivity contribution in [2.75, 3.05) is 17.7 Å². The zero-order valence-electron chi connectivity index (χ0n) is 9.03. The zero-order chi connectivity index (χ0) is 11.4. The van der Waals surface area contributed by atoms with Gasteiger partial charge < -0.3 is 15.8 Å². The molecule has 88 valence electrons. The van der Waals surface area contributed by atoms with E-state index in [0.29, 0.717) is 17.9 Å². The Morgan fingerprint density at radius 2 is 2.62 bits per heavy atom. The highest BCUT2D eigenvalue weighted by atomic mass is 16.5. The summed E-state index contributed by atoms with van der Waals surface area (Å²) in [7, 11) is 0. The standard InChI is InChI=1S/C10H16N4O2/c11-8-6-12-14-10(8)13-9(15)4-3-7-2-1-5-16-7/h6-7H,1-5,11H2,(H2,12,13,14,15). The van der Waals surface area contributed by atoms with E-state index in [0.717, 1.165) is 25.9 Å². The van der Waals surface area contributed by atoms with Crippen LogP contribution in [-0.4, -0.2) is 28.8 Å². The Labute approximate surface area is 93.5 Å². The number of H-pyrrole nitrogens is 1. The second-order valence-electron chi connectivity index (χ2n) is 3.92. The molecule has 6 heteroatoms. The second kappa shape index (κ2) is 4.98. The molecule has 1 amide bonds. The highest BCUT2D eigenvalue weighted by Gasteiger charge is 2.17. The number of hydrogen-bond acceptors (Lipinski definition) is 4. The van der Waals surface area contributed by atoms with E-state index in [1.807, 2.05) is 0 Å². The van der Waals surface area contributed by atoms with Crippen LogP contribution in [-0.2, 0) is 9.53 Å². The van der Waals surface area contributed by atoms with Gasteiger partial charge in [-0.05, 0) is 19.3 Å². The van der Waals surface area contributed by atoms with Crippen molar-refractivity contribution in [2.24, 2.45) is 0 Å². The van der Waals surface area contributed by atoms with Gasteiger partial charge in [0.1, 0.15) is 0 Å². The molecular formula is C10H16N4O2. The first kappa shape index (κ1) is 10.9. The quantitative estimate of drug-likeness (QED) is 0.708. The van der Waals surface area contributed by atoms with Crippen molar-refractivity contribution in [1.82, 2.24) is 10.2 Å². The average molecular weight is 224 g/mol. The van der Waals surface area contributed by atoms with Crippen LogP contribution < -0.4 is 11.1 Å². The van der Waals surface area contributed by atoms with Crippen LogP contribution in [0.3, 0.4) is 0 Å². The summed E-state index contributed by atoms with van der Waals surface area (Å²) in [5, 5.41) is 9.03. The summed E-state index contributed by atoms with van der Waals surface area (Å²) in [5.74, 6) is 0.406. The smallest absolute Gasteiger partial charge is 0.225 e. The van der Waals surface area contributed by atoms with Gasteiger partial charge in [-0.15, -0.1) is 0 Å². The van der Waals surface area contributed by atoms with Crippen molar-refractivity contribution in [2.45, 2.75) is 31.8 Å². The number of carbonyl (C=O) groups excluding carboxylic acids is 1. The third-order valence-electron chi connectivity index (χ3n) is 2.65. The van der Waals surface area contributed by atoms with Crippen LogP contribution in [0.25, 0.3) is 0 Å². The molecule has 1 atom stereocenters. The molecule has 0 aromatic carbocycles. The molecule has 0 bridgehead atoms. The molecule has 0 saturated carbocycles. The summed E-state index contributed by atoms with van der Waals surface area (Å²) >= 11 is 0. The number of nitrogens with two attached hydrogens (primary N) is 1. The minimum Gasteiger partial charge on any atom is -0.394 e. The number of nitrogen functional groups attached to an aromatic ring is 1. The maximum atomic E-state index is 11.5. The lowest BCUT2D eigenvalue weighted by Crippen LogP contribution is -2.16. The molecule has 1 fully saturated rings. The zero-order valence-corrected chi connectivity index (χ0v) is 9.03. The molecule has 0 spiro atoms. The molecule has 1 aliphatic rings. The molecule has 0 aliphatic carbocycles. The lowest BCUT2D eigenvalue weighted by atomic mass is 10.1. The summed E-state index contributed by atoms with van der Waals surface area (Å²) in [5.41, 5.74) is 6.02. The third-order valence-corrected chi connectivity index (χ3v) is 2.65. The summed E-state index contributed by atoms with van der Waals surface area (Å²) in [4.78, 5) is 11.5. The molecule has 2 rings (SSSR count). The molecule has 0 radical (unpaired) electrons. The number of rotatable bonds is 4. The SMILES string of the molecule is Nc1cn[nH]c1NC(=O)CCC1CCCO1. The number of nitrogens with one attached hydrogen (secondary N) is 2. The van der Waals surface area contributed by atoms with Gasteiger partial charge in [0.15, 0.2) is 5.82 Å². The number of aromatic amines is 1. The van der Waals surface area contributed by atoms with E-state index in [9.17, 15) is 4.79 Å². The van der Waals surface area contributed by atoms with E-state index >= 15 is 0 Å². The van der Waals surface area contributed by atoms with Gasteiger partial charge >= 0.3 is 0 Å². The van der Waals surface area contributed by atoms with Gasteiger partial charge in [0.2, 0.25) is 5.91 Å². The Morgan fingerprint density at radius 3 is 3.25 bits per heavy atom. The van der Waals surface area contributed by atoms with Gasteiger partial charge in [0, 0.05) is 13.0 Å².